The Kier molecular flexibility index (Phi) is 3.66. The van der Waals surface area contributed by atoms with E-state index in [4.69, 9.17) is 16.3 Å². The first-order chi connectivity index (χ1) is 7.66. The smallest absolute Gasteiger partial charge is 0.139 e. The fraction of sp³-hybridized carbons (Fsp3) is 0.583. The number of hydrogen-bond acceptors (Lipinski definition) is 3. The van der Waals surface area contributed by atoms with Crippen LogP contribution in [0.1, 0.15) is 20.3 Å². The molecule has 88 valence electrons. The van der Waals surface area contributed by atoms with Crippen molar-refractivity contribution in [1.82, 2.24) is 10.3 Å². The van der Waals surface area contributed by atoms with E-state index in [1.54, 1.807) is 12.4 Å². The number of nitrogens with zero attached hydrogens (tertiary/aromatic N) is 1. The second-order valence-electron chi connectivity index (χ2n) is 4.51. The Labute approximate surface area is 101 Å². The van der Waals surface area contributed by atoms with Crippen molar-refractivity contribution in [3.05, 3.63) is 23.5 Å². The first kappa shape index (κ1) is 11.7. The molecule has 2 rings (SSSR count). The SMILES string of the molecule is CC(C)[C@H](Oc1cncc(Cl)c1)C1CCN1. The summed E-state index contributed by atoms with van der Waals surface area (Å²) in [5.41, 5.74) is 0. The molecule has 0 amide bonds. The van der Waals surface area contributed by atoms with E-state index in [1.807, 2.05) is 6.07 Å². The minimum Gasteiger partial charge on any atom is -0.487 e. The van der Waals surface area contributed by atoms with Gasteiger partial charge in [0.05, 0.1) is 11.2 Å². The maximum atomic E-state index is 5.95. The van der Waals surface area contributed by atoms with Crippen LogP contribution in [0.4, 0.5) is 0 Å². The van der Waals surface area contributed by atoms with E-state index in [9.17, 15) is 0 Å². The summed E-state index contributed by atoms with van der Waals surface area (Å²) in [6.07, 6.45) is 4.69. The molecule has 0 spiro atoms. The zero-order valence-electron chi connectivity index (χ0n) is 9.61. The summed E-state index contributed by atoms with van der Waals surface area (Å²) in [4.78, 5) is 4.02. The van der Waals surface area contributed by atoms with Crippen LogP contribution in [0.3, 0.4) is 0 Å². The predicted octanol–water partition coefficient (Wildman–Crippen LogP) is 2.50. The molecule has 0 radical (unpaired) electrons. The standard InChI is InChI=1S/C12H17ClN2O/c1-8(2)12(11-3-4-15-11)16-10-5-9(13)6-14-7-10/h5-8,11-12,15H,3-4H2,1-2H3/t11?,12-/m0/s1. The maximum Gasteiger partial charge on any atom is 0.139 e. The van der Waals surface area contributed by atoms with Gasteiger partial charge in [-0.2, -0.15) is 0 Å². The van der Waals surface area contributed by atoms with Gasteiger partial charge in [0.15, 0.2) is 0 Å². The molecule has 0 saturated carbocycles. The number of rotatable bonds is 4. The molecule has 1 aromatic rings. The van der Waals surface area contributed by atoms with Crippen LogP contribution in [0.2, 0.25) is 5.02 Å². The lowest BCUT2D eigenvalue weighted by Gasteiger charge is -2.37. The molecule has 0 bridgehead atoms. The highest BCUT2D eigenvalue weighted by atomic mass is 35.5. The third-order valence-electron chi connectivity index (χ3n) is 2.87. The van der Waals surface area contributed by atoms with Crippen molar-refractivity contribution >= 4 is 11.6 Å². The summed E-state index contributed by atoms with van der Waals surface area (Å²) >= 11 is 5.88. The van der Waals surface area contributed by atoms with Crippen molar-refractivity contribution in [3.63, 3.8) is 0 Å². The highest BCUT2D eigenvalue weighted by Crippen LogP contribution is 2.23. The third-order valence-corrected chi connectivity index (χ3v) is 3.07. The van der Waals surface area contributed by atoms with Gasteiger partial charge < -0.3 is 10.1 Å². The largest absolute Gasteiger partial charge is 0.487 e. The van der Waals surface area contributed by atoms with E-state index >= 15 is 0 Å². The van der Waals surface area contributed by atoms with Crippen molar-refractivity contribution in [2.24, 2.45) is 5.92 Å². The van der Waals surface area contributed by atoms with Crippen molar-refractivity contribution in [3.8, 4) is 5.75 Å². The molecular weight excluding hydrogens is 224 g/mol. The third kappa shape index (κ3) is 2.66. The number of pyridine rings is 1. The zero-order chi connectivity index (χ0) is 11.5. The normalized spacial score (nSPS) is 21.6. The number of nitrogens with one attached hydrogen (secondary N) is 1. The fourth-order valence-corrected chi connectivity index (χ4v) is 2.05. The summed E-state index contributed by atoms with van der Waals surface area (Å²) in [5, 5.41) is 4.00. The zero-order valence-corrected chi connectivity index (χ0v) is 10.4. The van der Waals surface area contributed by atoms with Crippen LogP contribution >= 0.6 is 11.6 Å². The Morgan fingerprint density at radius 1 is 1.50 bits per heavy atom. The van der Waals surface area contributed by atoms with Gasteiger partial charge in [0.25, 0.3) is 0 Å². The average Bonchev–Trinajstić information content (AvgIpc) is 2.14. The summed E-state index contributed by atoms with van der Waals surface area (Å²) in [6, 6.07) is 2.27. The van der Waals surface area contributed by atoms with Gasteiger partial charge in [0, 0.05) is 18.3 Å². The molecular formula is C12H17ClN2O. The molecule has 1 aliphatic heterocycles. The van der Waals surface area contributed by atoms with Gasteiger partial charge >= 0.3 is 0 Å². The van der Waals surface area contributed by atoms with Crippen LogP contribution in [0, 0.1) is 5.92 Å². The number of ether oxygens (including phenoxy) is 1. The van der Waals surface area contributed by atoms with E-state index < -0.39 is 0 Å². The van der Waals surface area contributed by atoms with Gasteiger partial charge in [-0.15, -0.1) is 0 Å². The molecule has 3 nitrogen and oxygen atoms in total. The predicted molar refractivity (Wildman–Crippen MR) is 64.9 cm³/mol. The molecule has 2 heterocycles. The second-order valence-corrected chi connectivity index (χ2v) is 4.95. The van der Waals surface area contributed by atoms with Gasteiger partial charge in [0.2, 0.25) is 0 Å². The summed E-state index contributed by atoms with van der Waals surface area (Å²) in [5.74, 6) is 1.22. The Morgan fingerprint density at radius 3 is 2.75 bits per heavy atom. The van der Waals surface area contributed by atoms with Gasteiger partial charge in [-0.1, -0.05) is 25.4 Å². The van der Waals surface area contributed by atoms with Gasteiger partial charge in [-0.3, -0.25) is 4.98 Å². The van der Waals surface area contributed by atoms with Gasteiger partial charge in [0.1, 0.15) is 11.9 Å². The Morgan fingerprint density at radius 2 is 2.25 bits per heavy atom. The van der Waals surface area contributed by atoms with Crippen molar-refractivity contribution < 1.29 is 4.74 Å². The fourth-order valence-electron chi connectivity index (χ4n) is 1.89. The summed E-state index contributed by atoms with van der Waals surface area (Å²) < 4.78 is 5.95. The minimum absolute atomic E-state index is 0.189. The molecule has 16 heavy (non-hydrogen) atoms. The number of halogens is 1. The van der Waals surface area contributed by atoms with Crippen molar-refractivity contribution in [2.45, 2.75) is 32.4 Å². The average molecular weight is 241 g/mol. The van der Waals surface area contributed by atoms with Crippen LogP contribution in [-0.2, 0) is 0 Å². The first-order valence-corrected chi connectivity index (χ1v) is 6.05. The van der Waals surface area contributed by atoms with Crippen LogP contribution in [-0.4, -0.2) is 23.7 Å². The monoisotopic (exact) mass is 240 g/mol. The van der Waals surface area contributed by atoms with E-state index in [1.165, 1.54) is 6.42 Å². The molecule has 2 atom stereocenters. The quantitative estimate of drug-likeness (QED) is 0.878. The lowest BCUT2D eigenvalue weighted by Crippen LogP contribution is -2.54. The minimum atomic E-state index is 0.189. The molecule has 1 unspecified atom stereocenters. The Bertz CT molecular complexity index is 353. The van der Waals surface area contributed by atoms with Crippen LogP contribution < -0.4 is 10.1 Å². The number of aromatic nitrogens is 1. The highest BCUT2D eigenvalue weighted by molar-refractivity contribution is 6.30. The van der Waals surface area contributed by atoms with E-state index in [-0.39, 0.29) is 6.10 Å². The van der Waals surface area contributed by atoms with E-state index in [2.05, 4.69) is 24.1 Å². The highest BCUT2D eigenvalue weighted by Gasteiger charge is 2.30. The Balaban J connectivity index is 2.04. The van der Waals surface area contributed by atoms with Crippen LogP contribution in [0.15, 0.2) is 18.5 Å². The summed E-state index contributed by atoms with van der Waals surface area (Å²) in [6.45, 7) is 5.43. The number of hydrogen-bond donors (Lipinski definition) is 1. The molecule has 1 fully saturated rings. The second kappa shape index (κ2) is 5.02. The van der Waals surface area contributed by atoms with Crippen LogP contribution in [0.5, 0.6) is 5.75 Å². The van der Waals surface area contributed by atoms with Crippen molar-refractivity contribution in [2.75, 3.05) is 6.54 Å². The van der Waals surface area contributed by atoms with Crippen molar-refractivity contribution in [1.29, 1.82) is 0 Å². The Hall–Kier alpha value is -0.800. The molecule has 1 N–H and O–H groups in total. The van der Waals surface area contributed by atoms with Gasteiger partial charge in [-0.25, -0.2) is 0 Å². The molecule has 1 aliphatic rings. The first-order valence-electron chi connectivity index (χ1n) is 5.67. The molecule has 0 aliphatic carbocycles. The molecule has 1 aromatic heterocycles. The molecule has 4 heteroatoms. The lowest BCUT2D eigenvalue weighted by molar-refractivity contribution is 0.0784. The molecule has 1 saturated heterocycles. The lowest BCUT2D eigenvalue weighted by atomic mass is 9.92. The molecule has 0 aromatic carbocycles. The van der Waals surface area contributed by atoms with Crippen LogP contribution in [0.25, 0.3) is 0 Å². The topological polar surface area (TPSA) is 34.1 Å². The summed E-state index contributed by atoms with van der Waals surface area (Å²) in [7, 11) is 0. The van der Waals surface area contributed by atoms with E-state index in [0.717, 1.165) is 12.3 Å². The van der Waals surface area contributed by atoms with Gasteiger partial charge in [-0.05, 0) is 18.9 Å². The maximum absolute atomic E-state index is 5.95. The van der Waals surface area contributed by atoms with E-state index in [0.29, 0.717) is 17.0 Å².